The first-order chi connectivity index (χ1) is 9.19. The molecule has 1 aromatic rings. The van der Waals surface area contributed by atoms with Crippen LogP contribution in [0.25, 0.3) is 0 Å². The standard InChI is InChI=1S/C14H24N2O3S/c1-10(2)13-8-12(11(3)7-14(13)19-6)9-15-20(17,18)16(4)5/h7-8,10,15H,9H2,1-6H3. The highest BCUT2D eigenvalue weighted by atomic mass is 32.2. The van der Waals surface area contributed by atoms with E-state index in [2.05, 4.69) is 18.6 Å². The molecule has 0 atom stereocenters. The Morgan fingerprint density at radius 1 is 1.30 bits per heavy atom. The van der Waals surface area contributed by atoms with Crippen LogP contribution < -0.4 is 9.46 Å². The summed E-state index contributed by atoms with van der Waals surface area (Å²) in [6, 6.07) is 3.96. The van der Waals surface area contributed by atoms with E-state index >= 15 is 0 Å². The fourth-order valence-electron chi connectivity index (χ4n) is 1.86. The molecule has 0 fully saturated rings. The van der Waals surface area contributed by atoms with Gasteiger partial charge >= 0.3 is 0 Å². The zero-order chi connectivity index (χ0) is 15.5. The zero-order valence-corrected chi connectivity index (χ0v) is 13.8. The number of hydrogen-bond acceptors (Lipinski definition) is 3. The molecular weight excluding hydrogens is 276 g/mol. The van der Waals surface area contributed by atoms with Crippen LogP contribution in [0.15, 0.2) is 12.1 Å². The molecule has 0 aromatic heterocycles. The van der Waals surface area contributed by atoms with Gasteiger partial charge in [0.1, 0.15) is 5.75 Å². The van der Waals surface area contributed by atoms with E-state index in [1.807, 2.05) is 19.1 Å². The summed E-state index contributed by atoms with van der Waals surface area (Å²) in [4.78, 5) is 0. The van der Waals surface area contributed by atoms with Gasteiger partial charge in [-0.25, -0.2) is 0 Å². The van der Waals surface area contributed by atoms with E-state index in [0.717, 1.165) is 26.7 Å². The number of nitrogens with zero attached hydrogens (tertiary/aromatic N) is 1. The van der Waals surface area contributed by atoms with Crippen molar-refractivity contribution in [2.24, 2.45) is 0 Å². The molecule has 0 saturated carbocycles. The van der Waals surface area contributed by atoms with Crippen LogP contribution in [0.2, 0.25) is 0 Å². The zero-order valence-electron chi connectivity index (χ0n) is 13.0. The molecule has 0 bridgehead atoms. The van der Waals surface area contributed by atoms with Crippen molar-refractivity contribution >= 4 is 10.2 Å². The second-order valence-corrected chi connectivity index (χ2v) is 7.25. The fraction of sp³-hybridized carbons (Fsp3) is 0.571. The highest BCUT2D eigenvalue weighted by Gasteiger charge is 2.15. The van der Waals surface area contributed by atoms with Crippen molar-refractivity contribution in [1.29, 1.82) is 0 Å². The number of ether oxygens (including phenoxy) is 1. The van der Waals surface area contributed by atoms with E-state index < -0.39 is 10.2 Å². The fourth-order valence-corrected chi connectivity index (χ4v) is 2.46. The van der Waals surface area contributed by atoms with Crippen LogP contribution in [0, 0.1) is 6.92 Å². The van der Waals surface area contributed by atoms with Crippen molar-refractivity contribution in [3.63, 3.8) is 0 Å². The Morgan fingerprint density at radius 2 is 1.90 bits per heavy atom. The highest BCUT2D eigenvalue weighted by Crippen LogP contribution is 2.29. The van der Waals surface area contributed by atoms with Gasteiger partial charge in [-0.1, -0.05) is 19.9 Å². The molecule has 0 saturated heterocycles. The minimum absolute atomic E-state index is 0.274. The highest BCUT2D eigenvalue weighted by molar-refractivity contribution is 7.87. The summed E-state index contributed by atoms with van der Waals surface area (Å²) in [7, 11) is 1.24. The molecule has 0 heterocycles. The molecule has 6 heteroatoms. The van der Waals surface area contributed by atoms with Crippen LogP contribution in [0.5, 0.6) is 5.75 Å². The van der Waals surface area contributed by atoms with Gasteiger partial charge in [0.2, 0.25) is 0 Å². The summed E-state index contributed by atoms with van der Waals surface area (Å²) >= 11 is 0. The van der Waals surface area contributed by atoms with Crippen LogP contribution >= 0.6 is 0 Å². The Morgan fingerprint density at radius 3 is 2.35 bits per heavy atom. The van der Waals surface area contributed by atoms with Crippen molar-refractivity contribution in [3.8, 4) is 5.75 Å². The molecular formula is C14H24N2O3S. The lowest BCUT2D eigenvalue weighted by molar-refractivity contribution is 0.407. The van der Waals surface area contributed by atoms with E-state index in [1.165, 1.54) is 14.1 Å². The second kappa shape index (κ2) is 6.56. The quantitative estimate of drug-likeness (QED) is 0.874. The number of aryl methyl sites for hydroxylation is 1. The number of nitrogens with one attached hydrogen (secondary N) is 1. The minimum atomic E-state index is -3.41. The van der Waals surface area contributed by atoms with Gasteiger partial charge in [0.15, 0.2) is 0 Å². The molecule has 5 nitrogen and oxygen atoms in total. The van der Waals surface area contributed by atoms with E-state index in [4.69, 9.17) is 4.74 Å². The molecule has 0 aliphatic carbocycles. The Hall–Kier alpha value is -1.11. The Bertz CT molecular complexity index is 566. The van der Waals surface area contributed by atoms with Crippen LogP contribution in [0.4, 0.5) is 0 Å². The average Bonchev–Trinajstić information content (AvgIpc) is 2.36. The summed E-state index contributed by atoms with van der Waals surface area (Å²) in [5.41, 5.74) is 3.05. The summed E-state index contributed by atoms with van der Waals surface area (Å²) in [6.45, 7) is 6.39. The van der Waals surface area contributed by atoms with Gasteiger partial charge in [0.05, 0.1) is 7.11 Å². The van der Waals surface area contributed by atoms with Crippen molar-refractivity contribution < 1.29 is 13.2 Å². The van der Waals surface area contributed by atoms with E-state index in [-0.39, 0.29) is 6.54 Å². The molecule has 0 aliphatic heterocycles. The van der Waals surface area contributed by atoms with Crippen LogP contribution in [-0.4, -0.2) is 33.9 Å². The first kappa shape index (κ1) is 16.9. The Kier molecular flexibility index (Phi) is 5.56. The van der Waals surface area contributed by atoms with Gasteiger partial charge in [-0.05, 0) is 35.6 Å². The lowest BCUT2D eigenvalue weighted by Gasteiger charge is -2.17. The Labute approximate surface area is 122 Å². The molecule has 1 aromatic carbocycles. The number of rotatable bonds is 6. The van der Waals surface area contributed by atoms with Gasteiger partial charge in [-0.2, -0.15) is 17.4 Å². The Balaban J connectivity index is 3.05. The predicted octanol–water partition coefficient (Wildman–Crippen LogP) is 2.02. The van der Waals surface area contributed by atoms with Gasteiger partial charge in [0.25, 0.3) is 10.2 Å². The summed E-state index contributed by atoms with van der Waals surface area (Å²) < 4.78 is 32.6. The van der Waals surface area contributed by atoms with Gasteiger partial charge in [-0.3, -0.25) is 0 Å². The van der Waals surface area contributed by atoms with Gasteiger partial charge in [-0.15, -0.1) is 0 Å². The van der Waals surface area contributed by atoms with Crippen molar-refractivity contribution in [1.82, 2.24) is 9.03 Å². The molecule has 1 rings (SSSR count). The van der Waals surface area contributed by atoms with E-state index in [0.29, 0.717) is 5.92 Å². The van der Waals surface area contributed by atoms with Gasteiger partial charge in [0, 0.05) is 20.6 Å². The van der Waals surface area contributed by atoms with Crippen molar-refractivity contribution in [2.75, 3.05) is 21.2 Å². The van der Waals surface area contributed by atoms with Crippen LogP contribution in [0.1, 0.15) is 36.5 Å². The third kappa shape index (κ3) is 3.94. The van der Waals surface area contributed by atoms with Crippen LogP contribution in [0.3, 0.4) is 0 Å². The number of methoxy groups -OCH3 is 1. The molecule has 114 valence electrons. The molecule has 0 radical (unpaired) electrons. The molecule has 0 unspecified atom stereocenters. The minimum Gasteiger partial charge on any atom is -0.496 e. The summed E-state index contributed by atoms with van der Waals surface area (Å²) in [6.07, 6.45) is 0. The lowest BCUT2D eigenvalue weighted by atomic mass is 9.96. The molecule has 0 spiro atoms. The SMILES string of the molecule is COc1cc(C)c(CNS(=O)(=O)N(C)C)cc1C(C)C. The number of hydrogen-bond donors (Lipinski definition) is 1. The largest absolute Gasteiger partial charge is 0.496 e. The van der Waals surface area contributed by atoms with Crippen molar-refractivity contribution in [2.45, 2.75) is 33.2 Å². The third-order valence-corrected chi connectivity index (χ3v) is 4.71. The topological polar surface area (TPSA) is 58.6 Å². The summed E-state index contributed by atoms with van der Waals surface area (Å²) in [5, 5.41) is 0. The summed E-state index contributed by atoms with van der Waals surface area (Å²) in [5.74, 6) is 1.16. The molecule has 20 heavy (non-hydrogen) atoms. The second-order valence-electron chi connectivity index (χ2n) is 5.28. The normalized spacial score (nSPS) is 12.2. The maximum Gasteiger partial charge on any atom is 0.279 e. The monoisotopic (exact) mass is 300 g/mol. The molecule has 0 aliphatic rings. The predicted molar refractivity (Wildman–Crippen MR) is 81.3 cm³/mol. The third-order valence-electron chi connectivity index (χ3n) is 3.24. The van der Waals surface area contributed by atoms with E-state index in [1.54, 1.807) is 7.11 Å². The molecule has 1 N–H and O–H groups in total. The van der Waals surface area contributed by atoms with Gasteiger partial charge < -0.3 is 4.74 Å². The molecule has 0 amide bonds. The first-order valence-corrected chi connectivity index (χ1v) is 7.97. The average molecular weight is 300 g/mol. The maximum atomic E-state index is 11.7. The van der Waals surface area contributed by atoms with Crippen molar-refractivity contribution in [3.05, 3.63) is 28.8 Å². The van der Waals surface area contributed by atoms with Crippen LogP contribution in [-0.2, 0) is 16.8 Å². The first-order valence-electron chi connectivity index (χ1n) is 6.53. The maximum absolute atomic E-state index is 11.7. The lowest BCUT2D eigenvalue weighted by Crippen LogP contribution is -2.35. The van der Waals surface area contributed by atoms with E-state index in [9.17, 15) is 8.42 Å². The smallest absolute Gasteiger partial charge is 0.279 e. The number of benzene rings is 1.